The summed E-state index contributed by atoms with van der Waals surface area (Å²) in [5, 5.41) is 9.06. The lowest BCUT2D eigenvalue weighted by molar-refractivity contribution is -0.141. The number of likely N-dealkylation sites (tertiary alicyclic amines) is 2. The number of fused-ring (bicyclic) bond motifs is 1. The molecular weight excluding hydrogens is 256 g/mol. The summed E-state index contributed by atoms with van der Waals surface area (Å²) in [7, 11) is 0. The molecule has 3 aliphatic rings. The van der Waals surface area contributed by atoms with Crippen LogP contribution in [0, 0.1) is 11.8 Å². The van der Waals surface area contributed by atoms with Crippen LogP contribution in [0.25, 0.3) is 0 Å². The van der Waals surface area contributed by atoms with E-state index in [1.165, 1.54) is 25.7 Å². The minimum atomic E-state index is -0.769. The number of aliphatic carboxylic acids is 1. The molecule has 1 aliphatic carbocycles. The van der Waals surface area contributed by atoms with Crippen LogP contribution < -0.4 is 0 Å². The number of carbonyl (C=O) groups is 2. The zero-order chi connectivity index (χ0) is 14.1. The molecule has 3 atom stereocenters. The maximum atomic E-state index is 12.7. The fraction of sp³-hybridized carbons (Fsp3) is 0.867. The zero-order valence-corrected chi connectivity index (χ0v) is 12.0. The molecule has 2 amide bonds. The van der Waals surface area contributed by atoms with E-state index in [1.807, 2.05) is 0 Å². The van der Waals surface area contributed by atoms with Crippen molar-refractivity contribution in [1.29, 1.82) is 0 Å². The Bertz CT molecular complexity index is 397. The van der Waals surface area contributed by atoms with Crippen molar-refractivity contribution in [3.8, 4) is 0 Å². The number of piperidine rings is 1. The molecule has 1 unspecified atom stereocenters. The van der Waals surface area contributed by atoms with Gasteiger partial charge >= 0.3 is 12.0 Å². The van der Waals surface area contributed by atoms with Gasteiger partial charge in [0, 0.05) is 25.7 Å². The molecule has 3 rings (SSSR count). The van der Waals surface area contributed by atoms with E-state index in [1.54, 1.807) is 4.90 Å². The highest BCUT2D eigenvalue weighted by Crippen LogP contribution is 2.36. The van der Waals surface area contributed by atoms with Crippen molar-refractivity contribution in [3.63, 3.8) is 0 Å². The highest BCUT2D eigenvalue weighted by Gasteiger charge is 2.39. The first-order chi connectivity index (χ1) is 9.66. The molecule has 0 aromatic carbocycles. The Balaban J connectivity index is 1.65. The topological polar surface area (TPSA) is 60.9 Å². The summed E-state index contributed by atoms with van der Waals surface area (Å²) in [4.78, 5) is 27.5. The van der Waals surface area contributed by atoms with Gasteiger partial charge in [-0.05, 0) is 38.0 Å². The monoisotopic (exact) mass is 280 g/mol. The molecule has 5 heteroatoms. The van der Waals surface area contributed by atoms with Crippen LogP contribution in [0.2, 0.25) is 0 Å². The van der Waals surface area contributed by atoms with Crippen molar-refractivity contribution < 1.29 is 14.7 Å². The highest BCUT2D eigenvalue weighted by molar-refractivity contribution is 5.78. The number of urea groups is 1. The Labute approximate surface area is 119 Å². The van der Waals surface area contributed by atoms with E-state index in [2.05, 4.69) is 4.90 Å². The lowest BCUT2D eigenvalue weighted by Gasteiger charge is -2.45. The smallest absolute Gasteiger partial charge is 0.320 e. The fourth-order valence-corrected chi connectivity index (χ4v) is 4.18. The van der Waals surface area contributed by atoms with Crippen molar-refractivity contribution in [2.45, 2.75) is 51.0 Å². The van der Waals surface area contributed by atoms with E-state index in [9.17, 15) is 9.59 Å². The van der Waals surface area contributed by atoms with Crippen LogP contribution in [-0.2, 0) is 4.79 Å². The summed E-state index contributed by atoms with van der Waals surface area (Å²) >= 11 is 0. The molecule has 1 N–H and O–H groups in total. The lowest BCUT2D eigenvalue weighted by Crippen LogP contribution is -2.53. The molecule has 2 saturated heterocycles. The first-order valence-electron chi connectivity index (χ1n) is 7.95. The van der Waals surface area contributed by atoms with Gasteiger partial charge in [-0.2, -0.15) is 0 Å². The number of hydrogen-bond acceptors (Lipinski definition) is 2. The maximum absolute atomic E-state index is 12.7. The summed E-state index contributed by atoms with van der Waals surface area (Å²) in [5.74, 6) is -0.459. The fourth-order valence-electron chi connectivity index (χ4n) is 4.18. The third-order valence-electron chi connectivity index (χ3n) is 5.30. The van der Waals surface area contributed by atoms with Crippen LogP contribution in [0.5, 0.6) is 0 Å². The average molecular weight is 280 g/mol. The quantitative estimate of drug-likeness (QED) is 0.800. The maximum Gasteiger partial charge on any atom is 0.320 e. The lowest BCUT2D eigenvalue weighted by atomic mass is 9.78. The largest absolute Gasteiger partial charge is 0.481 e. The first-order valence-corrected chi connectivity index (χ1v) is 7.95. The number of nitrogens with zero attached hydrogens (tertiary/aromatic N) is 2. The number of carboxylic acids is 1. The highest BCUT2D eigenvalue weighted by atomic mass is 16.4. The Morgan fingerprint density at radius 3 is 2.45 bits per heavy atom. The summed E-state index contributed by atoms with van der Waals surface area (Å²) in [6, 6.07) is 0.499. The predicted molar refractivity (Wildman–Crippen MR) is 74.4 cm³/mol. The van der Waals surface area contributed by atoms with E-state index >= 15 is 0 Å². The number of hydrogen-bond donors (Lipinski definition) is 1. The second kappa shape index (κ2) is 5.62. The van der Waals surface area contributed by atoms with Gasteiger partial charge in [0.1, 0.15) is 0 Å². The Morgan fingerprint density at radius 2 is 1.70 bits per heavy atom. The molecule has 0 radical (unpaired) electrons. The number of rotatable bonds is 1. The van der Waals surface area contributed by atoms with Gasteiger partial charge in [0.05, 0.1) is 5.92 Å². The van der Waals surface area contributed by atoms with Crippen LogP contribution in [0.3, 0.4) is 0 Å². The minimum Gasteiger partial charge on any atom is -0.481 e. The molecule has 0 aromatic rings. The third-order valence-corrected chi connectivity index (χ3v) is 5.30. The normalized spacial score (nSPS) is 33.9. The molecule has 2 heterocycles. The number of carbonyl (C=O) groups excluding carboxylic acids is 1. The molecule has 0 aromatic heterocycles. The Hall–Kier alpha value is -1.26. The van der Waals surface area contributed by atoms with Gasteiger partial charge in [-0.1, -0.05) is 12.8 Å². The summed E-state index contributed by atoms with van der Waals surface area (Å²) < 4.78 is 0. The molecule has 3 fully saturated rings. The van der Waals surface area contributed by atoms with Gasteiger partial charge < -0.3 is 14.9 Å². The SMILES string of the molecule is O=C(O)C1CCN(C(=O)N2CCC[C@H]3CCCC[C@H]32)C1. The van der Waals surface area contributed by atoms with Crippen molar-refractivity contribution >= 4 is 12.0 Å². The van der Waals surface area contributed by atoms with Crippen molar-refractivity contribution in [2.75, 3.05) is 19.6 Å². The summed E-state index contributed by atoms with van der Waals surface area (Å²) in [6.07, 6.45) is 7.87. The van der Waals surface area contributed by atoms with E-state index in [4.69, 9.17) is 5.11 Å². The van der Waals surface area contributed by atoms with E-state index in [0.717, 1.165) is 19.4 Å². The molecule has 1 saturated carbocycles. The van der Waals surface area contributed by atoms with Crippen LogP contribution in [-0.4, -0.2) is 52.6 Å². The van der Waals surface area contributed by atoms with Gasteiger partial charge in [-0.25, -0.2) is 4.79 Å². The van der Waals surface area contributed by atoms with Gasteiger partial charge in [0.2, 0.25) is 0 Å². The molecule has 5 nitrogen and oxygen atoms in total. The Morgan fingerprint density at radius 1 is 0.950 bits per heavy atom. The molecular formula is C15H24N2O3. The number of amides is 2. The van der Waals surface area contributed by atoms with E-state index in [-0.39, 0.29) is 11.9 Å². The Kier molecular flexibility index (Phi) is 3.85. The second-order valence-electron chi connectivity index (χ2n) is 6.50. The van der Waals surface area contributed by atoms with Gasteiger partial charge in [0.25, 0.3) is 0 Å². The van der Waals surface area contributed by atoms with Crippen molar-refractivity contribution in [3.05, 3.63) is 0 Å². The van der Waals surface area contributed by atoms with Gasteiger partial charge in [0.15, 0.2) is 0 Å². The summed E-state index contributed by atoms with van der Waals surface area (Å²) in [5.41, 5.74) is 0. The van der Waals surface area contributed by atoms with Crippen LogP contribution >= 0.6 is 0 Å². The molecule has 112 valence electrons. The van der Waals surface area contributed by atoms with Crippen molar-refractivity contribution in [2.24, 2.45) is 11.8 Å². The van der Waals surface area contributed by atoms with E-state index in [0.29, 0.717) is 31.5 Å². The van der Waals surface area contributed by atoms with Gasteiger partial charge in [-0.3, -0.25) is 4.79 Å². The van der Waals surface area contributed by atoms with Crippen LogP contribution in [0.1, 0.15) is 44.9 Å². The van der Waals surface area contributed by atoms with Crippen LogP contribution in [0.15, 0.2) is 0 Å². The number of carboxylic acid groups (broad SMARTS) is 1. The van der Waals surface area contributed by atoms with Crippen LogP contribution in [0.4, 0.5) is 4.79 Å². The minimum absolute atomic E-state index is 0.0883. The molecule has 0 spiro atoms. The second-order valence-corrected chi connectivity index (χ2v) is 6.50. The molecule has 2 aliphatic heterocycles. The van der Waals surface area contributed by atoms with Crippen molar-refractivity contribution in [1.82, 2.24) is 9.80 Å². The third kappa shape index (κ3) is 2.50. The van der Waals surface area contributed by atoms with Gasteiger partial charge in [-0.15, -0.1) is 0 Å². The zero-order valence-electron chi connectivity index (χ0n) is 12.0. The predicted octanol–water partition coefficient (Wildman–Crippen LogP) is 2.17. The molecule has 0 bridgehead atoms. The molecule has 20 heavy (non-hydrogen) atoms. The standard InChI is InChI=1S/C15H24N2O3/c18-14(19)12-7-9-16(10-12)15(20)17-8-3-5-11-4-1-2-6-13(11)17/h11-13H,1-10H2,(H,18,19)/t11-,12?,13-/m1/s1. The average Bonchev–Trinajstić information content (AvgIpc) is 2.96. The van der Waals surface area contributed by atoms with E-state index < -0.39 is 5.97 Å². The first kappa shape index (κ1) is 13.7. The summed E-state index contributed by atoms with van der Waals surface area (Å²) in [6.45, 7) is 1.85.